The molecule has 0 aromatic heterocycles. The number of carbonyl (C=O) groups excluding carboxylic acids is 2. The van der Waals surface area contributed by atoms with E-state index in [-0.39, 0.29) is 18.4 Å². The maximum absolute atomic E-state index is 12.7. The summed E-state index contributed by atoms with van der Waals surface area (Å²) in [5, 5.41) is 6.37. The number of hydrogen-bond donors (Lipinski definition) is 2. The van der Waals surface area contributed by atoms with Crippen LogP contribution >= 0.6 is 0 Å². The van der Waals surface area contributed by atoms with Gasteiger partial charge in [0.15, 0.2) is 5.96 Å². The second kappa shape index (κ2) is 10.3. The van der Waals surface area contributed by atoms with Crippen molar-refractivity contribution >= 4 is 23.5 Å². The van der Waals surface area contributed by atoms with E-state index in [4.69, 9.17) is 0 Å². The van der Waals surface area contributed by atoms with Gasteiger partial charge in [-0.15, -0.1) is 0 Å². The third-order valence-electron chi connectivity index (χ3n) is 5.98. The summed E-state index contributed by atoms with van der Waals surface area (Å²) < 4.78 is 0. The van der Waals surface area contributed by atoms with Crippen molar-refractivity contribution in [1.82, 2.24) is 15.5 Å². The molecule has 4 rings (SSSR count). The zero-order chi connectivity index (χ0) is 22.3. The van der Waals surface area contributed by atoms with Crippen molar-refractivity contribution in [2.24, 2.45) is 4.99 Å². The van der Waals surface area contributed by atoms with Crippen LogP contribution in [-0.4, -0.2) is 48.9 Å². The minimum Gasteiger partial charge on any atom is -0.357 e. The highest BCUT2D eigenvalue weighted by molar-refractivity contribution is 5.95. The minimum atomic E-state index is 0.0738. The molecule has 0 radical (unpaired) electrons. The van der Waals surface area contributed by atoms with Gasteiger partial charge in [-0.1, -0.05) is 36.4 Å². The van der Waals surface area contributed by atoms with Gasteiger partial charge in [0.05, 0.1) is 13.1 Å². The molecular formula is C25H31N5O2. The molecule has 7 nitrogen and oxygen atoms in total. The fraction of sp³-hybridized carbons (Fsp3) is 0.400. The number of nitrogens with one attached hydrogen (secondary N) is 2. The van der Waals surface area contributed by atoms with E-state index in [0.29, 0.717) is 32.0 Å². The van der Waals surface area contributed by atoms with Gasteiger partial charge in [-0.05, 0) is 48.6 Å². The summed E-state index contributed by atoms with van der Waals surface area (Å²) in [7, 11) is 0. The lowest BCUT2D eigenvalue weighted by Crippen LogP contribution is -2.45. The van der Waals surface area contributed by atoms with Crippen LogP contribution in [-0.2, 0) is 29.1 Å². The van der Waals surface area contributed by atoms with Gasteiger partial charge in [0.2, 0.25) is 11.8 Å². The lowest BCUT2D eigenvalue weighted by atomic mass is 10.00. The van der Waals surface area contributed by atoms with Crippen LogP contribution in [0.4, 0.5) is 5.69 Å². The topological polar surface area (TPSA) is 77.0 Å². The summed E-state index contributed by atoms with van der Waals surface area (Å²) in [5.41, 5.74) is 4.56. The molecule has 168 valence electrons. The van der Waals surface area contributed by atoms with Gasteiger partial charge in [0.25, 0.3) is 0 Å². The highest BCUT2D eigenvalue weighted by Crippen LogP contribution is 2.22. The zero-order valence-corrected chi connectivity index (χ0v) is 18.6. The van der Waals surface area contributed by atoms with Gasteiger partial charge in [-0.2, -0.15) is 0 Å². The summed E-state index contributed by atoms with van der Waals surface area (Å²) in [4.78, 5) is 33.0. The predicted octanol–water partition coefficient (Wildman–Crippen LogP) is 2.45. The summed E-state index contributed by atoms with van der Waals surface area (Å²) in [6.07, 6.45) is 2.45. The van der Waals surface area contributed by atoms with Crippen molar-refractivity contribution < 1.29 is 9.59 Å². The molecule has 2 N–H and O–H groups in total. The molecule has 0 saturated carbocycles. The number of fused-ring (bicyclic) bond motifs is 1. The maximum atomic E-state index is 12.7. The van der Waals surface area contributed by atoms with Gasteiger partial charge in [-0.25, -0.2) is 4.99 Å². The average Bonchev–Trinajstić information content (AvgIpc) is 3.26. The van der Waals surface area contributed by atoms with Crippen LogP contribution in [0, 0.1) is 0 Å². The van der Waals surface area contributed by atoms with E-state index in [1.165, 1.54) is 11.1 Å². The highest BCUT2D eigenvalue weighted by atomic mass is 16.2. The molecule has 2 aromatic rings. The minimum absolute atomic E-state index is 0.0738. The van der Waals surface area contributed by atoms with Gasteiger partial charge in [0, 0.05) is 38.3 Å². The fourth-order valence-electron chi connectivity index (χ4n) is 4.19. The van der Waals surface area contributed by atoms with Crippen LogP contribution in [0.2, 0.25) is 0 Å². The maximum Gasteiger partial charge on any atom is 0.242 e. The van der Waals surface area contributed by atoms with Crippen molar-refractivity contribution in [1.29, 1.82) is 0 Å². The van der Waals surface area contributed by atoms with Crippen LogP contribution in [0.25, 0.3) is 0 Å². The molecule has 2 heterocycles. The molecule has 2 aromatic carbocycles. The van der Waals surface area contributed by atoms with Crippen molar-refractivity contribution in [2.75, 3.05) is 31.1 Å². The zero-order valence-electron chi connectivity index (χ0n) is 18.6. The van der Waals surface area contributed by atoms with Crippen LogP contribution in [0.5, 0.6) is 0 Å². The van der Waals surface area contributed by atoms with Gasteiger partial charge >= 0.3 is 0 Å². The molecule has 0 aliphatic carbocycles. The van der Waals surface area contributed by atoms with E-state index in [0.717, 1.165) is 37.2 Å². The van der Waals surface area contributed by atoms with Crippen LogP contribution < -0.4 is 15.5 Å². The number of nitrogens with zero attached hydrogens (tertiary/aromatic N) is 3. The van der Waals surface area contributed by atoms with Crippen LogP contribution in [0.1, 0.15) is 36.5 Å². The molecule has 0 atom stereocenters. The first-order chi connectivity index (χ1) is 15.6. The standard InChI is InChI=1S/C25H31N5O2/c1-2-26-25(27-16-19-9-11-22(12-10-19)30-14-5-8-23(30)31)28-17-24(32)29-15-13-20-6-3-4-7-21(20)18-29/h3-4,6-7,9-12H,2,5,8,13-18H2,1H3,(H2,26,27,28). The first-order valence-corrected chi connectivity index (χ1v) is 11.4. The van der Waals surface area contributed by atoms with Crippen molar-refractivity contribution in [3.8, 4) is 0 Å². The molecule has 2 aliphatic heterocycles. The Balaban J connectivity index is 1.31. The summed E-state index contributed by atoms with van der Waals surface area (Å²) in [5.74, 6) is 0.887. The number of aliphatic imine (C=N–C) groups is 1. The number of benzene rings is 2. The number of guanidine groups is 1. The van der Waals surface area contributed by atoms with E-state index in [2.05, 4.69) is 33.8 Å². The highest BCUT2D eigenvalue weighted by Gasteiger charge is 2.22. The van der Waals surface area contributed by atoms with Crippen molar-refractivity contribution in [3.05, 3.63) is 65.2 Å². The Kier molecular flexibility index (Phi) is 7.04. The monoisotopic (exact) mass is 433 g/mol. The quantitative estimate of drug-likeness (QED) is 0.542. The molecule has 0 unspecified atom stereocenters. The third-order valence-corrected chi connectivity index (χ3v) is 5.98. The molecular weight excluding hydrogens is 402 g/mol. The second-order valence-corrected chi connectivity index (χ2v) is 8.20. The van der Waals surface area contributed by atoms with Gasteiger partial charge < -0.3 is 20.4 Å². The Bertz CT molecular complexity index is 986. The molecule has 1 saturated heterocycles. The van der Waals surface area contributed by atoms with Gasteiger partial charge in [0.1, 0.15) is 0 Å². The summed E-state index contributed by atoms with van der Waals surface area (Å²) in [6.45, 7) is 5.63. The van der Waals surface area contributed by atoms with E-state index >= 15 is 0 Å². The first kappa shape index (κ1) is 21.9. The lowest BCUT2D eigenvalue weighted by molar-refractivity contribution is -0.130. The first-order valence-electron chi connectivity index (χ1n) is 11.4. The second-order valence-electron chi connectivity index (χ2n) is 8.20. The number of carbonyl (C=O) groups is 2. The van der Waals surface area contributed by atoms with Crippen molar-refractivity contribution in [2.45, 2.75) is 39.3 Å². The predicted molar refractivity (Wildman–Crippen MR) is 126 cm³/mol. The molecule has 2 amide bonds. The molecule has 0 bridgehead atoms. The van der Waals surface area contributed by atoms with E-state index < -0.39 is 0 Å². The van der Waals surface area contributed by atoms with Crippen LogP contribution in [0.15, 0.2) is 53.5 Å². The average molecular weight is 434 g/mol. The van der Waals surface area contributed by atoms with E-state index in [9.17, 15) is 9.59 Å². The number of hydrogen-bond acceptors (Lipinski definition) is 3. The Morgan fingerprint density at radius 1 is 1.00 bits per heavy atom. The number of rotatable bonds is 6. The summed E-state index contributed by atoms with van der Waals surface area (Å²) in [6, 6.07) is 16.3. The molecule has 32 heavy (non-hydrogen) atoms. The van der Waals surface area contributed by atoms with Gasteiger partial charge in [-0.3, -0.25) is 9.59 Å². The number of anilines is 1. The molecule has 7 heteroatoms. The Hall–Kier alpha value is -3.35. The van der Waals surface area contributed by atoms with Crippen LogP contribution in [0.3, 0.4) is 0 Å². The third kappa shape index (κ3) is 5.28. The molecule has 0 spiro atoms. The smallest absolute Gasteiger partial charge is 0.242 e. The molecule has 1 fully saturated rings. The Morgan fingerprint density at radius 3 is 2.50 bits per heavy atom. The lowest BCUT2D eigenvalue weighted by Gasteiger charge is -2.29. The van der Waals surface area contributed by atoms with Crippen molar-refractivity contribution in [3.63, 3.8) is 0 Å². The fourth-order valence-corrected chi connectivity index (χ4v) is 4.19. The normalized spacial score (nSPS) is 16.2. The SMILES string of the molecule is CCNC(=NCc1ccc(N2CCCC2=O)cc1)NCC(=O)N1CCc2ccccc2C1. The van der Waals surface area contributed by atoms with E-state index in [1.54, 1.807) is 0 Å². The number of amides is 2. The molecule has 2 aliphatic rings. The Morgan fingerprint density at radius 2 is 1.78 bits per heavy atom. The largest absolute Gasteiger partial charge is 0.357 e. The Labute approximate surface area is 189 Å². The van der Waals surface area contributed by atoms with E-state index in [1.807, 2.05) is 47.1 Å². The summed E-state index contributed by atoms with van der Waals surface area (Å²) >= 11 is 0.